The monoisotopic (exact) mass is 248 g/mol. The highest BCUT2D eigenvalue weighted by molar-refractivity contribution is 6.33. The fourth-order valence-electron chi connectivity index (χ4n) is 1.90. The van der Waals surface area contributed by atoms with E-state index in [1.165, 1.54) is 11.6 Å². The summed E-state index contributed by atoms with van der Waals surface area (Å²) in [4.78, 5) is 0. The maximum atomic E-state index is 13.7. The lowest BCUT2D eigenvalue weighted by Gasteiger charge is -2.07. The van der Waals surface area contributed by atoms with Crippen molar-refractivity contribution in [1.82, 2.24) is 0 Å². The van der Waals surface area contributed by atoms with Gasteiger partial charge in [-0.2, -0.15) is 0 Å². The summed E-state index contributed by atoms with van der Waals surface area (Å²) in [5, 5.41) is 0.452. The minimum atomic E-state index is -0.277. The van der Waals surface area contributed by atoms with E-state index in [4.69, 9.17) is 11.6 Å². The van der Waals surface area contributed by atoms with Gasteiger partial charge in [0.05, 0.1) is 5.02 Å². The summed E-state index contributed by atoms with van der Waals surface area (Å²) in [5.41, 5.74) is 2.58. The first-order valence-electron chi connectivity index (χ1n) is 5.75. The molecule has 0 radical (unpaired) electrons. The topological polar surface area (TPSA) is 0 Å². The molecule has 2 aromatic rings. The average Bonchev–Trinajstić information content (AvgIpc) is 2.31. The molecule has 2 heteroatoms. The Morgan fingerprint density at radius 2 is 1.76 bits per heavy atom. The van der Waals surface area contributed by atoms with Crippen molar-refractivity contribution in [2.75, 3.05) is 0 Å². The smallest absolute Gasteiger partial charge is 0.132 e. The van der Waals surface area contributed by atoms with Gasteiger partial charge in [-0.3, -0.25) is 0 Å². The van der Waals surface area contributed by atoms with Gasteiger partial charge >= 0.3 is 0 Å². The molecule has 88 valence electrons. The molecule has 0 unspecified atom stereocenters. The Labute approximate surface area is 106 Å². The molecule has 0 saturated carbocycles. The van der Waals surface area contributed by atoms with Gasteiger partial charge in [-0.1, -0.05) is 55.3 Å². The quantitative estimate of drug-likeness (QED) is 0.709. The highest BCUT2D eigenvalue weighted by Gasteiger charge is 2.08. The zero-order valence-corrected chi connectivity index (χ0v) is 10.5. The van der Waals surface area contributed by atoms with E-state index in [0.29, 0.717) is 10.6 Å². The molecule has 0 aliphatic heterocycles. The van der Waals surface area contributed by atoms with Crippen LogP contribution in [0.5, 0.6) is 0 Å². The molecule has 0 heterocycles. The van der Waals surface area contributed by atoms with Crippen molar-refractivity contribution in [3.8, 4) is 11.1 Å². The first kappa shape index (κ1) is 12.1. The second kappa shape index (κ2) is 5.33. The second-order valence-corrected chi connectivity index (χ2v) is 4.45. The molecule has 0 aromatic heterocycles. The Kier molecular flexibility index (Phi) is 3.80. The molecule has 0 aliphatic carbocycles. The number of halogens is 2. The summed E-state index contributed by atoms with van der Waals surface area (Å²) in [5.74, 6) is -0.277. The van der Waals surface area contributed by atoms with Gasteiger partial charge in [-0.25, -0.2) is 4.39 Å². The highest BCUT2D eigenvalue weighted by Crippen LogP contribution is 2.30. The molecule has 0 spiro atoms. The third-order valence-corrected chi connectivity index (χ3v) is 3.06. The van der Waals surface area contributed by atoms with E-state index < -0.39 is 0 Å². The fourth-order valence-corrected chi connectivity index (χ4v) is 2.17. The van der Waals surface area contributed by atoms with E-state index in [0.717, 1.165) is 18.4 Å². The molecule has 0 nitrogen and oxygen atoms in total. The van der Waals surface area contributed by atoms with Crippen LogP contribution in [-0.4, -0.2) is 0 Å². The Bertz CT molecular complexity index is 483. The van der Waals surface area contributed by atoms with Crippen molar-refractivity contribution in [3.63, 3.8) is 0 Å². The SMILES string of the molecule is CCCc1ccc(-c2c(F)cccc2Cl)cc1. The van der Waals surface area contributed by atoms with E-state index >= 15 is 0 Å². The van der Waals surface area contributed by atoms with Crippen LogP contribution in [-0.2, 0) is 6.42 Å². The van der Waals surface area contributed by atoms with Crippen molar-refractivity contribution in [3.05, 3.63) is 58.9 Å². The van der Waals surface area contributed by atoms with Crippen LogP contribution >= 0.6 is 11.6 Å². The predicted molar refractivity (Wildman–Crippen MR) is 70.8 cm³/mol. The van der Waals surface area contributed by atoms with E-state index in [2.05, 4.69) is 6.92 Å². The van der Waals surface area contributed by atoms with Gasteiger partial charge in [-0.05, 0) is 29.7 Å². The van der Waals surface area contributed by atoms with Crippen LogP contribution < -0.4 is 0 Å². The van der Waals surface area contributed by atoms with Crippen molar-refractivity contribution < 1.29 is 4.39 Å². The summed E-state index contributed by atoms with van der Waals surface area (Å²) in [7, 11) is 0. The molecular weight excluding hydrogens is 235 g/mol. The number of hydrogen-bond donors (Lipinski definition) is 0. The molecule has 0 amide bonds. The Hall–Kier alpha value is -1.34. The van der Waals surface area contributed by atoms with Crippen LogP contribution in [0.15, 0.2) is 42.5 Å². The van der Waals surface area contributed by atoms with Gasteiger partial charge in [0, 0.05) is 5.56 Å². The predicted octanol–water partition coefficient (Wildman–Crippen LogP) is 5.10. The normalized spacial score (nSPS) is 10.5. The highest BCUT2D eigenvalue weighted by atomic mass is 35.5. The zero-order valence-electron chi connectivity index (χ0n) is 9.71. The van der Waals surface area contributed by atoms with E-state index in [9.17, 15) is 4.39 Å². The maximum absolute atomic E-state index is 13.7. The lowest BCUT2D eigenvalue weighted by atomic mass is 10.0. The Morgan fingerprint density at radius 3 is 2.35 bits per heavy atom. The molecule has 17 heavy (non-hydrogen) atoms. The summed E-state index contributed by atoms with van der Waals surface area (Å²) >= 11 is 6.02. The van der Waals surface area contributed by atoms with Gasteiger partial charge in [0.15, 0.2) is 0 Å². The molecule has 0 saturated heterocycles. The minimum Gasteiger partial charge on any atom is -0.206 e. The molecular formula is C15H14ClF. The van der Waals surface area contributed by atoms with Crippen LogP contribution in [0.2, 0.25) is 5.02 Å². The van der Waals surface area contributed by atoms with Gasteiger partial charge < -0.3 is 0 Å². The van der Waals surface area contributed by atoms with Crippen molar-refractivity contribution in [1.29, 1.82) is 0 Å². The lowest BCUT2D eigenvalue weighted by molar-refractivity contribution is 0.631. The molecule has 2 rings (SSSR count). The summed E-state index contributed by atoms with van der Waals surface area (Å²) in [6, 6.07) is 12.7. The molecule has 2 aromatic carbocycles. The number of benzene rings is 2. The molecule has 0 N–H and O–H groups in total. The van der Waals surface area contributed by atoms with Gasteiger partial charge in [0.25, 0.3) is 0 Å². The second-order valence-electron chi connectivity index (χ2n) is 4.04. The third kappa shape index (κ3) is 2.67. The van der Waals surface area contributed by atoms with Crippen molar-refractivity contribution >= 4 is 11.6 Å². The number of aryl methyl sites for hydroxylation is 1. The van der Waals surface area contributed by atoms with Crippen LogP contribution in [0.1, 0.15) is 18.9 Å². The largest absolute Gasteiger partial charge is 0.206 e. The van der Waals surface area contributed by atoms with Gasteiger partial charge in [-0.15, -0.1) is 0 Å². The molecule has 0 fully saturated rings. The summed E-state index contributed by atoms with van der Waals surface area (Å²) in [6.45, 7) is 2.14. The first-order valence-corrected chi connectivity index (χ1v) is 6.13. The number of rotatable bonds is 3. The van der Waals surface area contributed by atoms with E-state index in [1.807, 2.05) is 24.3 Å². The summed E-state index contributed by atoms with van der Waals surface area (Å²) in [6.07, 6.45) is 2.16. The van der Waals surface area contributed by atoms with Gasteiger partial charge in [0.2, 0.25) is 0 Å². The van der Waals surface area contributed by atoms with Crippen LogP contribution in [0.25, 0.3) is 11.1 Å². The number of hydrogen-bond acceptors (Lipinski definition) is 0. The van der Waals surface area contributed by atoms with E-state index in [1.54, 1.807) is 12.1 Å². The Balaban J connectivity index is 2.40. The van der Waals surface area contributed by atoms with Crippen LogP contribution in [0.3, 0.4) is 0 Å². The molecule has 0 bridgehead atoms. The lowest BCUT2D eigenvalue weighted by Crippen LogP contribution is -1.87. The summed E-state index contributed by atoms with van der Waals surface area (Å²) < 4.78 is 13.7. The zero-order chi connectivity index (χ0) is 12.3. The molecule has 0 atom stereocenters. The standard InChI is InChI=1S/C15H14ClF/c1-2-4-11-7-9-12(10-8-11)15-13(16)5-3-6-14(15)17/h3,5-10H,2,4H2,1H3. The first-order chi connectivity index (χ1) is 8.22. The molecule has 0 aliphatic rings. The third-order valence-electron chi connectivity index (χ3n) is 2.74. The van der Waals surface area contributed by atoms with Crippen molar-refractivity contribution in [2.45, 2.75) is 19.8 Å². The van der Waals surface area contributed by atoms with E-state index in [-0.39, 0.29) is 5.82 Å². The van der Waals surface area contributed by atoms with Crippen molar-refractivity contribution in [2.24, 2.45) is 0 Å². The average molecular weight is 249 g/mol. The van der Waals surface area contributed by atoms with Gasteiger partial charge in [0.1, 0.15) is 5.82 Å². The minimum absolute atomic E-state index is 0.277. The maximum Gasteiger partial charge on any atom is 0.132 e. The Morgan fingerprint density at radius 1 is 1.06 bits per heavy atom. The fraction of sp³-hybridized carbons (Fsp3) is 0.200. The van der Waals surface area contributed by atoms with Crippen LogP contribution in [0.4, 0.5) is 4.39 Å². The van der Waals surface area contributed by atoms with Crippen LogP contribution in [0, 0.1) is 5.82 Å².